The summed E-state index contributed by atoms with van der Waals surface area (Å²) in [5.41, 5.74) is 0.166. The number of halogens is 5. The van der Waals surface area contributed by atoms with Gasteiger partial charge in [-0.1, -0.05) is 15.9 Å². The number of hydrogen-bond acceptors (Lipinski definition) is 2. The maximum absolute atomic E-state index is 12.8. The molecule has 0 amide bonds. The fourth-order valence-electron chi connectivity index (χ4n) is 1.23. The quantitative estimate of drug-likeness (QED) is 0.774. The van der Waals surface area contributed by atoms with E-state index in [9.17, 15) is 22.4 Å². The van der Waals surface area contributed by atoms with Gasteiger partial charge in [-0.25, -0.2) is 8.78 Å². The highest BCUT2D eigenvalue weighted by Crippen LogP contribution is 2.28. The maximum Gasteiger partial charge on any atom is 0.364 e. The number of methoxy groups -OCH3 is 1. The Morgan fingerprint density at radius 1 is 1.44 bits per heavy atom. The van der Waals surface area contributed by atoms with Crippen molar-refractivity contribution >= 4 is 21.7 Å². The van der Waals surface area contributed by atoms with E-state index in [4.69, 9.17) is 4.74 Å². The Morgan fingerprint density at radius 2 is 2.06 bits per heavy atom. The van der Waals surface area contributed by atoms with Crippen molar-refractivity contribution in [3.63, 3.8) is 0 Å². The fourth-order valence-corrected chi connectivity index (χ4v) is 1.61. The van der Waals surface area contributed by atoms with Crippen LogP contribution in [0.5, 0.6) is 5.75 Å². The monoisotopic (exact) mass is 328 g/mol. The highest BCUT2D eigenvalue weighted by molar-refractivity contribution is 9.10. The summed E-state index contributed by atoms with van der Waals surface area (Å²) in [6.07, 6.45) is -4.80. The van der Waals surface area contributed by atoms with E-state index in [2.05, 4.69) is 15.9 Å². The van der Waals surface area contributed by atoms with Crippen LogP contribution >= 0.6 is 15.9 Å². The van der Waals surface area contributed by atoms with Crippen molar-refractivity contribution in [2.75, 3.05) is 7.11 Å². The van der Waals surface area contributed by atoms with Crippen LogP contribution in [0.4, 0.5) is 17.6 Å². The summed E-state index contributed by atoms with van der Waals surface area (Å²) in [6.45, 7) is 0. The number of alkyl halides is 4. The van der Waals surface area contributed by atoms with Crippen LogP contribution in [0.2, 0.25) is 0 Å². The number of benzene rings is 1. The molecule has 0 unspecified atom stereocenters. The molecule has 1 aromatic carbocycles. The van der Waals surface area contributed by atoms with Gasteiger partial charge in [0, 0.05) is 10.9 Å². The molecule has 0 N–H and O–H groups in total. The van der Waals surface area contributed by atoms with E-state index in [1.807, 2.05) is 0 Å². The zero-order valence-corrected chi connectivity index (χ0v) is 10.8. The molecule has 100 valence electrons. The Hall–Kier alpha value is -1.11. The molecule has 18 heavy (non-hydrogen) atoms. The highest BCUT2D eigenvalue weighted by atomic mass is 79.9. The number of ketones is 1. The molecule has 0 heterocycles. The van der Waals surface area contributed by atoms with Gasteiger partial charge in [-0.05, 0) is 23.8 Å². The maximum atomic E-state index is 12.8. The van der Waals surface area contributed by atoms with Gasteiger partial charge < -0.3 is 4.74 Å². The average molecular weight is 329 g/mol. The van der Waals surface area contributed by atoms with Crippen molar-refractivity contribution in [2.45, 2.75) is 18.8 Å². The summed E-state index contributed by atoms with van der Waals surface area (Å²) in [5, 5.41) is 0. The second-order valence-electron chi connectivity index (χ2n) is 3.48. The van der Waals surface area contributed by atoms with Crippen LogP contribution in [0.3, 0.4) is 0 Å². The predicted molar refractivity (Wildman–Crippen MR) is 60.4 cm³/mol. The third kappa shape index (κ3) is 3.22. The summed E-state index contributed by atoms with van der Waals surface area (Å²) >= 11 is 3.05. The Bertz CT molecular complexity index is 449. The Balaban J connectivity index is 2.94. The molecule has 0 spiro atoms. The molecule has 0 radical (unpaired) electrons. The van der Waals surface area contributed by atoms with Gasteiger partial charge in [0.25, 0.3) is 0 Å². The first-order valence-corrected chi connectivity index (χ1v) is 5.60. The van der Waals surface area contributed by atoms with Crippen LogP contribution in [0.25, 0.3) is 0 Å². The standard InChI is InChI=1S/C11H9BrF4O2/c1-18-7-2-3-8(12)6(4-7)5-9(17)11(15,16)10(13)14/h2-4,10H,5H2,1H3. The van der Waals surface area contributed by atoms with Crippen LogP contribution in [-0.2, 0) is 11.2 Å². The molecule has 1 rings (SSSR count). The van der Waals surface area contributed by atoms with Gasteiger partial charge in [0.05, 0.1) is 7.11 Å². The molecule has 7 heteroatoms. The third-order valence-corrected chi connectivity index (χ3v) is 3.02. The molecule has 1 aromatic rings. The van der Waals surface area contributed by atoms with Crippen LogP contribution in [0, 0.1) is 0 Å². The van der Waals surface area contributed by atoms with Crippen molar-refractivity contribution in [2.24, 2.45) is 0 Å². The highest BCUT2D eigenvalue weighted by Gasteiger charge is 2.48. The van der Waals surface area contributed by atoms with Gasteiger partial charge in [0.1, 0.15) is 5.75 Å². The van der Waals surface area contributed by atoms with Crippen LogP contribution in [0.1, 0.15) is 5.56 Å². The summed E-state index contributed by atoms with van der Waals surface area (Å²) in [5.74, 6) is -6.12. The van der Waals surface area contributed by atoms with Crippen molar-refractivity contribution in [1.29, 1.82) is 0 Å². The van der Waals surface area contributed by atoms with Crippen LogP contribution in [0.15, 0.2) is 22.7 Å². The lowest BCUT2D eigenvalue weighted by atomic mass is 10.0. The minimum atomic E-state index is -4.64. The molecular formula is C11H9BrF4O2. The fraction of sp³-hybridized carbons (Fsp3) is 0.364. The van der Waals surface area contributed by atoms with Crippen LogP contribution < -0.4 is 4.74 Å². The number of rotatable bonds is 5. The van der Waals surface area contributed by atoms with E-state index in [0.717, 1.165) is 0 Å². The summed E-state index contributed by atoms with van der Waals surface area (Å²) < 4.78 is 54.8. The molecule has 0 bridgehead atoms. The minimum absolute atomic E-state index is 0.166. The second kappa shape index (κ2) is 5.69. The first kappa shape index (κ1) is 14.9. The molecule has 0 aromatic heterocycles. The van der Waals surface area contributed by atoms with Gasteiger partial charge >= 0.3 is 12.3 Å². The number of carbonyl (C=O) groups is 1. The lowest BCUT2D eigenvalue weighted by molar-refractivity contribution is -0.166. The third-order valence-electron chi connectivity index (χ3n) is 2.25. The zero-order valence-electron chi connectivity index (χ0n) is 9.22. The first-order chi connectivity index (χ1) is 8.28. The molecule has 0 aliphatic heterocycles. The topological polar surface area (TPSA) is 26.3 Å². The van der Waals surface area contributed by atoms with Gasteiger partial charge in [-0.15, -0.1) is 0 Å². The van der Waals surface area contributed by atoms with Crippen molar-refractivity contribution in [1.82, 2.24) is 0 Å². The van der Waals surface area contributed by atoms with Gasteiger partial charge in [0.2, 0.25) is 5.78 Å². The minimum Gasteiger partial charge on any atom is -0.497 e. The Labute approximate surface area is 109 Å². The van der Waals surface area contributed by atoms with E-state index in [1.165, 1.54) is 19.2 Å². The van der Waals surface area contributed by atoms with Crippen molar-refractivity contribution < 1.29 is 27.1 Å². The van der Waals surface area contributed by atoms with E-state index >= 15 is 0 Å². The molecule has 0 fully saturated rings. The summed E-state index contributed by atoms with van der Waals surface area (Å²) in [4.78, 5) is 11.1. The molecule has 0 saturated carbocycles. The van der Waals surface area contributed by atoms with E-state index in [1.54, 1.807) is 6.07 Å². The number of hydrogen-bond donors (Lipinski definition) is 0. The van der Waals surface area contributed by atoms with Crippen molar-refractivity contribution in [3.8, 4) is 5.75 Å². The second-order valence-corrected chi connectivity index (χ2v) is 4.34. The average Bonchev–Trinajstić information content (AvgIpc) is 2.31. The lowest BCUT2D eigenvalue weighted by Crippen LogP contribution is -2.37. The van der Waals surface area contributed by atoms with E-state index in [0.29, 0.717) is 10.2 Å². The number of carbonyl (C=O) groups excluding carboxylic acids is 1. The molecule has 0 saturated heterocycles. The molecule has 0 atom stereocenters. The number of ether oxygens (including phenoxy) is 1. The van der Waals surface area contributed by atoms with Crippen molar-refractivity contribution in [3.05, 3.63) is 28.2 Å². The molecule has 2 nitrogen and oxygen atoms in total. The summed E-state index contributed by atoms with van der Waals surface area (Å²) in [7, 11) is 1.36. The smallest absolute Gasteiger partial charge is 0.364 e. The van der Waals surface area contributed by atoms with Gasteiger partial charge in [-0.3, -0.25) is 4.79 Å². The molecule has 0 aliphatic carbocycles. The largest absolute Gasteiger partial charge is 0.497 e. The first-order valence-electron chi connectivity index (χ1n) is 4.80. The van der Waals surface area contributed by atoms with E-state index in [-0.39, 0.29) is 5.56 Å². The molecular weight excluding hydrogens is 320 g/mol. The molecule has 0 aliphatic rings. The lowest BCUT2D eigenvalue weighted by Gasteiger charge is -2.14. The zero-order chi connectivity index (χ0) is 13.9. The van der Waals surface area contributed by atoms with E-state index < -0.39 is 24.6 Å². The SMILES string of the molecule is COc1ccc(Br)c(CC(=O)C(F)(F)C(F)F)c1. The Morgan fingerprint density at radius 3 is 2.56 bits per heavy atom. The van der Waals surface area contributed by atoms with Gasteiger partial charge in [-0.2, -0.15) is 8.78 Å². The summed E-state index contributed by atoms with van der Waals surface area (Å²) in [6, 6.07) is 4.37. The Kier molecular flexibility index (Phi) is 4.72. The normalized spacial score (nSPS) is 11.7. The van der Waals surface area contributed by atoms with Crippen LogP contribution in [-0.4, -0.2) is 25.2 Å². The van der Waals surface area contributed by atoms with Gasteiger partial charge in [0.15, 0.2) is 0 Å². The number of Topliss-reactive ketones (excluding diaryl/α,β-unsaturated/α-hetero) is 1. The predicted octanol–water partition coefficient (Wildman–Crippen LogP) is 3.47.